The summed E-state index contributed by atoms with van der Waals surface area (Å²) in [6.07, 6.45) is 2.42. The van der Waals surface area contributed by atoms with Crippen LogP contribution in [0, 0.1) is 11.3 Å². The Morgan fingerprint density at radius 3 is 2.85 bits per heavy atom. The van der Waals surface area contributed by atoms with Crippen LogP contribution in [0.5, 0.6) is 0 Å². The van der Waals surface area contributed by atoms with Crippen LogP contribution >= 0.6 is 27.3 Å². The van der Waals surface area contributed by atoms with E-state index in [1.54, 1.807) is 11.3 Å². The second kappa shape index (κ2) is 3.79. The largest absolute Gasteiger partial charge is 0.295 e. The Kier molecular flexibility index (Phi) is 2.68. The lowest BCUT2D eigenvalue weighted by atomic mass is 10.2. The van der Waals surface area contributed by atoms with Gasteiger partial charge < -0.3 is 0 Å². The Bertz CT molecular complexity index is 338. The van der Waals surface area contributed by atoms with Crippen LogP contribution in [-0.2, 0) is 0 Å². The fourth-order valence-electron chi connectivity index (χ4n) is 1.18. The first-order valence-corrected chi connectivity index (χ1v) is 5.92. The molecule has 1 saturated carbocycles. The van der Waals surface area contributed by atoms with Crippen molar-refractivity contribution in [2.24, 2.45) is 0 Å². The van der Waals surface area contributed by atoms with Gasteiger partial charge in [0.05, 0.1) is 6.07 Å². The normalized spacial score (nSPS) is 18.2. The van der Waals surface area contributed by atoms with E-state index >= 15 is 0 Å². The molecule has 0 aromatic carbocycles. The van der Waals surface area contributed by atoms with Gasteiger partial charge in [-0.05, 0) is 34.2 Å². The van der Waals surface area contributed by atoms with E-state index in [-0.39, 0.29) is 6.04 Å². The van der Waals surface area contributed by atoms with E-state index in [2.05, 4.69) is 27.3 Å². The van der Waals surface area contributed by atoms with E-state index in [0.717, 1.165) is 10.0 Å². The average molecular weight is 257 g/mol. The molecule has 1 aliphatic carbocycles. The van der Waals surface area contributed by atoms with E-state index in [9.17, 15) is 0 Å². The average Bonchev–Trinajstić information content (AvgIpc) is 2.85. The van der Waals surface area contributed by atoms with Crippen molar-refractivity contribution in [2.75, 3.05) is 0 Å². The summed E-state index contributed by atoms with van der Waals surface area (Å²) in [7, 11) is 0. The number of halogens is 1. The Labute approximate surface area is 89.7 Å². The summed E-state index contributed by atoms with van der Waals surface area (Å²) >= 11 is 5.06. The fraction of sp³-hybridized carbons (Fsp3) is 0.444. The molecular formula is C9H9BrN2S. The number of thiophene rings is 1. The monoisotopic (exact) mass is 256 g/mol. The summed E-state index contributed by atoms with van der Waals surface area (Å²) in [6.45, 7) is 0. The molecule has 0 radical (unpaired) electrons. The molecule has 0 bridgehead atoms. The topological polar surface area (TPSA) is 35.8 Å². The molecule has 0 aliphatic heterocycles. The molecule has 0 saturated heterocycles. The molecule has 1 aliphatic rings. The maximum atomic E-state index is 8.97. The number of rotatable bonds is 3. The number of hydrogen-bond acceptors (Lipinski definition) is 3. The van der Waals surface area contributed by atoms with Crippen LogP contribution in [-0.4, -0.2) is 6.04 Å². The fourth-order valence-corrected chi connectivity index (χ4v) is 2.73. The van der Waals surface area contributed by atoms with Crippen molar-refractivity contribution in [1.82, 2.24) is 5.32 Å². The zero-order valence-corrected chi connectivity index (χ0v) is 9.36. The van der Waals surface area contributed by atoms with Gasteiger partial charge in [0, 0.05) is 21.5 Å². The summed E-state index contributed by atoms with van der Waals surface area (Å²) in [6, 6.07) is 2.70. The van der Waals surface area contributed by atoms with Crippen LogP contribution in [0.25, 0.3) is 0 Å². The molecule has 1 aromatic heterocycles. The van der Waals surface area contributed by atoms with Crippen LogP contribution in [0.3, 0.4) is 0 Å². The first kappa shape index (κ1) is 9.20. The van der Waals surface area contributed by atoms with Gasteiger partial charge in [0.2, 0.25) is 0 Å². The quantitative estimate of drug-likeness (QED) is 0.903. The first-order valence-electron chi connectivity index (χ1n) is 4.18. The molecule has 2 rings (SSSR count). The Balaban J connectivity index is 2.12. The third-order valence-electron chi connectivity index (χ3n) is 2.06. The van der Waals surface area contributed by atoms with Gasteiger partial charge in [-0.1, -0.05) is 0 Å². The Morgan fingerprint density at radius 2 is 2.38 bits per heavy atom. The molecule has 1 heterocycles. The van der Waals surface area contributed by atoms with E-state index in [1.165, 1.54) is 12.8 Å². The highest BCUT2D eigenvalue weighted by molar-refractivity contribution is 9.10. The molecule has 1 aromatic rings. The maximum Gasteiger partial charge on any atom is 0.123 e. The third kappa shape index (κ3) is 2.11. The van der Waals surface area contributed by atoms with Crippen molar-refractivity contribution in [3.63, 3.8) is 0 Å². The smallest absolute Gasteiger partial charge is 0.123 e. The molecule has 0 spiro atoms. The van der Waals surface area contributed by atoms with Crippen LogP contribution < -0.4 is 5.32 Å². The summed E-state index contributed by atoms with van der Waals surface area (Å²) in [5.74, 6) is 0. The SMILES string of the molecule is N#CC(NC1CC1)c1cscc1Br. The molecule has 68 valence electrons. The minimum Gasteiger partial charge on any atom is -0.295 e. The Hall–Kier alpha value is -0.370. The van der Waals surface area contributed by atoms with Crippen LogP contribution in [0.2, 0.25) is 0 Å². The van der Waals surface area contributed by atoms with Gasteiger partial charge in [0.25, 0.3) is 0 Å². The van der Waals surface area contributed by atoms with Crippen molar-refractivity contribution >= 4 is 27.3 Å². The molecule has 4 heteroatoms. The second-order valence-electron chi connectivity index (χ2n) is 3.18. The van der Waals surface area contributed by atoms with Gasteiger partial charge in [-0.15, -0.1) is 0 Å². The molecular weight excluding hydrogens is 248 g/mol. The third-order valence-corrected chi connectivity index (χ3v) is 3.81. The zero-order valence-electron chi connectivity index (χ0n) is 6.96. The summed E-state index contributed by atoms with van der Waals surface area (Å²) in [5.41, 5.74) is 1.07. The van der Waals surface area contributed by atoms with Crippen LogP contribution in [0.1, 0.15) is 24.4 Å². The second-order valence-corrected chi connectivity index (χ2v) is 4.78. The van der Waals surface area contributed by atoms with Gasteiger partial charge in [-0.25, -0.2) is 0 Å². The minimum atomic E-state index is -0.145. The number of hydrogen-bond donors (Lipinski definition) is 1. The predicted octanol–water partition coefficient (Wildman–Crippen LogP) is 2.83. The van der Waals surface area contributed by atoms with E-state index in [4.69, 9.17) is 5.26 Å². The van der Waals surface area contributed by atoms with Gasteiger partial charge in [0.1, 0.15) is 6.04 Å². The summed E-state index contributed by atoms with van der Waals surface area (Å²) in [4.78, 5) is 0. The van der Waals surface area contributed by atoms with Crippen LogP contribution in [0.15, 0.2) is 15.2 Å². The molecule has 0 amide bonds. The van der Waals surface area contributed by atoms with Crippen molar-refractivity contribution in [3.05, 3.63) is 20.8 Å². The molecule has 1 atom stereocenters. The first-order chi connectivity index (χ1) is 6.31. The molecule has 1 unspecified atom stereocenters. The molecule has 2 nitrogen and oxygen atoms in total. The standard InChI is InChI=1S/C9H9BrN2S/c10-8-5-13-4-7(8)9(3-11)12-6-1-2-6/h4-6,9,12H,1-2H2. The van der Waals surface area contributed by atoms with Crippen molar-refractivity contribution in [3.8, 4) is 6.07 Å². The number of nitrogens with one attached hydrogen (secondary N) is 1. The number of nitriles is 1. The van der Waals surface area contributed by atoms with E-state index in [1.807, 2.05) is 10.8 Å². The van der Waals surface area contributed by atoms with Gasteiger partial charge >= 0.3 is 0 Å². The van der Waals surface area contributed by atoms with Gasteiger partial charge in [-0.3, -0.25) is 5.32 Å². The highest BCUT2D eigenvalue weighted by Gasteiger charge is 2.26. The molecule has 13 heavy (non-hydrogen) atoms. The molecule has 1 fully saturated rings. The zero-order chi connectivity index (χ0) is 9.26. The summed E-state index contributed by atoms with van der Waals surface area (Å²) in [5, 5.41) is 16.3. The van der Waals surface area contributed by atoms with Gasteiger partial charge in [0.15, 0.2) is 0 Å². The lowest BCUT2D eigenvalue weighted by molar-refractivity contribution is 0.626. The summed E-state index contributed by atoms with van der Waals surface area (Å²) < 4.78 is 1.04. The van der Waals surface area contributed by atoms with Crippen molar-refractivity contribution < 1.29 is 0 Å². The molecule has 1 N–H and O–H groups in total. The Morgan fingerprint density at radius 1 is 1.62 bits per heavy atom. The lowest BCUT2D eigenvalue weighted by Gasteiger charge is -2.09. The predicted molar refractivity (Wildman–Crippen MR) is 56.5 cm³/mol. The van der Waals surface area contributed by atoms with E-state index < -0.39 is 0 Å². The van der Waals surface area contributed by atoms with Gasteiger partial charge in [-0.2, -0.15) is 16.6 Å². The number of nitrogens with zero attached hydrogens (tertiary/aromatic N) is 1. The van der Waals surface area contributed by atoms with E-state index in [0.29, 0.717) is 6.04 Å². The van der Waals surface area contributed by atoms with Crippen molar-refractivity contribution in [2.45, 2.75) is 24.9 Å². The maximum absolute atomic E-state index is 8.97. The van der Waals surface area contributed by atoms with Crippen molar-refractivity contribution in [1.29, 1.82) is 5.26 Å². The highest BCUT2D eigenvalue weighted by atomic mass is 79.9. The highest BCUT2D eigenvalue weighted by Crippen LogP contribution is 2.30. The minimum absolute atomic E-state index is 0.145. The van der Waals surface area contributed by atoms with Crippen LogP contribution in [0.4, 0.5) is 0 Å². The lowest BCUT2D eigenvalue weighted by Crippen LogP contribution is -2.21.